The summed E-state index contributed by atoms with van der Waals surface area (Å²) < 4.78 is 7.91. The number of nitrogens with zero attached hydrogens (tertiary/aromatic N) is 3. The number of anilines is 1. The van der Waals surface area contributed by atoms with Gasteiger partial charge in [-0.1, -0.05) is 12.8 Å². The van der Waals surface area contributed by atoms with Gasteiger partial charge in [0.15, 0.2) is 5.65 Å². The molecule has 2 aromatic rings. The first-order valence-corrected chi connectivity index (χ1v) is 9.48. The van der Waals surface area contributed by atoms with Gasteiger partial charge in [-0.3, -0.25) is 14.7 Å². The summed E-state index contributed by atoms with van der Waals surface area (Å²) in [5, 5.41) is 2.99. The molecule has 0 atom stereocenters. The van der Waals surface area contributed by atoms with Gasteiger partial charge in [0.25, 0.3) is 0 Å². The van der Waals surface area contributed by atoms with Crippen LogP contribution in [-0.2, 0) is 9.53 Å². The maximum absolute atomic E-state index is 12.3. The van der Waals surface area contributed by atoms with E-state index in [0.29, 0.717) is 31.1 Å². The van der Waals surface area contributed by atoms with E-state index in [9.17, 15) is 4.79 Å². The van der Waals surface area contributed by atoms with Crippen molar-refractivity contribution in [2.24, 2.45) is 0 Å². The van der Waals surface area contributed by atoms with Crippen molar-refractivity contribution in [3.63, 3.8) is 0 Å². The maximum Gasteiger partial charge on any atom is 0.229 e. The molecule has 2 saturated carbocycles. The smallest absolute Gasteiger partial charge is 0.229 e. The van der Waals surface area contributed by atoms with Crippen LogP contribution in [0, 0.1) is 6.92 Å². The van der Waals surface area contributed by atoms with Crippen LogP contribution in [0.5, 0.6) is 0 Å². The fraction of sp³-hybridized carbons (Fsp3) is 0.632. The van der Waals surface area contributed by atoms with Crippen LogP contribution in [0.2, 0.25) is 0 Å². The number of hydrogen-bond acceptors (Lipinski definition) is 4. The van der Waals surface area contributed by atoms with E-state index in [2.05, 4.69) is 19.9 Å². The topological polar surface area (TPSA) is 69.0 Å². The molecule has 6 nitrogen and oxygen atoms in total. The Morgan fingerprint density at radius 2 is 2.00 bits per heavy atom. The second-order valence-electron chi connectivity index (χ2n) is 7.26. The first-order valence-electron chi connectivity index (χ1n) is 9.48. The van der Waals surface area contributed by atoms with Crippen molar-refractivity contribution in [1.82, 2.24) is 14.5 Å². The van der Waals surface area contributed by atoms with Gasteiger partial charge in [0.2, 0.25) is 11.9 Å². The highest BCUT2D eigenvalue weighted by atomic mass is 16.5. The van der Waals surface area contributed by atoms with Crippen molar-refractivity contribution in [2.75, 3.05) is 11.9 Å². The molecule has 0 unspecified atom stereocenters. The van der Waals surface area contributed by atoms with Crippen molar-refractivity contribution in [3.8, 4) is 0 Å². The summed E-state index contributed by atoms with van der Waals surface area (Å²) in [4.78, 5) is 21.6. The van der Waals surface area contributed by atoms with E-state index in [1.807, 2.05) is 19.1 Å². The number of fused-ring (bicyclic) bond motifs is 1. The van der Waals surface area contributed by atoms with Gasteiger partial charge in [-0.15, -0.1) is 0 Å². The summed E-state index contributed by atoms with van der Waals surface area (Å²) in [7, 11) is 0. The van der Waals surface area contributed by atoms with Crippen molar-refractivity contribution in [3.05, 3.63) is 17.8 Å². The molecule has 0 saturated heterocycles. The number of aryl methyl sites for hydroxylation is 1. The van der Waals surface area contributed by atoms with Gasteiger partial charge in [0.05, 0.1) is 19.1 Å². The van der Waals surface area contributed by atoms with Crippen LogP contribution in [0.3, 0.4) is 0 Å². The zero-order chi connectivity index (χ0) is 17.2. The Hall–Kier alpha value is -1.95. The van der Waals surface area contributed by atoms with Crippen LogP contribution in [0.1, 0.15) is 63.1 Å². The zero-order valence-electron chi connectivity index (χ0n) is 14.8. The Morgan fingerprint density at radius 1 is 1.20 bits per heavy atom. The molecular formula is C19H26N4O2. The molecule has 1 amide bonds. The minimum absolute atomic E-state index is 0.0365. The Bertz CT molecular complexity index is 760. The van der Waals surface area contributed by atoms with E-state index >= 15 is 0 Å². The van der Waals surface area contributed by atoms with Crippen molar-refractivity contribution in [2.45, 2.75) is 70.4 Å². The zero-order valence-corrected chi connectivity index (χ0v) is 14.8. The lowest BCUT2D eigenvalue weighted by atomic mass is 9.93. The maximum atomic E-state index is 12.3. The number of imidazole rings is 1. The molecule has 2 aliphatic carbocycles. The van der Waals surface area contributed by atoms with Gasteiger partial charge in [0, 0.05) is 11.7 Å². The van der Waals surface area contributed by atoms with Gasteiger partial charge >= 0.3 is 0 Å². The molecule has 0 aromatic carbocycles. The normalized spacial score (nSPS) is 18.6. The van der Waals surface area contributed by atoms with Crippen LogP contribution in [-0.4, -0.2) is 33.2 Å². The van der Waals surface area contributed by atoms with E-state index in [1.54, 1.807) is 0 Å². The summed E-state index contributed by atoms with van der Waals surface area (Å²) in [5.41, 5.74) is 2.69. The molecule has 0 spiro atoms. The average Bonchev–Trinajstić information content (AvgIpc) is 3.15. The highest BCUT2D eigenvalue weighted by Crippen LogP contribution is 2.36. The fourth-order valence-corrected chi connectivity index (χ4v) is 3.71. The van der Waals surface area contributed by atoms with Crippen molar-refractivity contribution >= 4 is 23.0 Å². The lowest BCUT2D eigenvalue weighted by molar-refractivity contribution is -0.117. The van der Waals surface area contributed by atoms with Crippen LogP contribution < -0.4 is 5.32 Å². The number of nitrogens with one attached hydrogen (secondary N) is 1. The first kappa shape index (κ1) is 16.5. The second kappa shape index (κ2) is 7.12. The van der Waals surface area contributed by atoms with Gasteiger partial charge < -0.3 is 4.74 Å². The van der Waals surface area contributed by atoms with E-state index in [4.69, 9.17) is 4.74 Å². The third kappa shape index (κ3) is 3.54. The largest absolute Gasteiger partial charge is 0.378 e. The monoisotopic (exact) mass is 342 g/mol. The van der Waals surface area contributed by atoms with Crippen molar-refractivity contribution < 1.29 is 9.53 Å². The molecule has 6 heteroatoms. The van der Waals surface area contributed by atoms with E-state index < -0.39 is 0 Å². The minimum atomic E-state index is -0.0365. The highest BCUT2D eigenvalue weighted by Gasteiger charge is 2.26. The third-order valence-corrected chi connectivity index (χ3v) is 5.35. The number of carbonyl (C=O) groups excluding carboxylic acids is 1. The van der Waals surface area contributed by atoms with Crippen LogP contribution in [0.4, 0.5) is 5.95 Å². The van der Waals surface area contributed by atoms with Gasteiger partial charge in [-0.05, 0) is 51.2 Å². The van der Waals surface area contributed by atoms with E-state index in [1.165, 1.54) is 19.3 Å². The molecule has 2 aliphatic rings. The van der Waals surface area contributed by atoms with Crippen LogP contribution >= 0.6 is 0 Å². The standard InChI is InChI=1S/C19H26N4O2/c1-13-9-10-16-18(20-13)23(14-5-4-6-14)19(21-16)22-17(24)11-12-25-15-7-2-3-8-15/h9-10,14-15H,2-8,11-12H2,1H3,(H,21,22,24). The Morgan fingerprint density at radius 3 is 2.72 bits per heavy atom. The predicted molar refractivity (Wildman–Crippen MR) is 96.6 cm³/mol. The molecule has 25 heavy (non-hydrogen) atoms. The quantitative estimate of drug-likeness (QED) is 0.868. The number of ether oxygens (including phenoxy) is 1. The van der Waals surface area contributed by atoms with Gasteiger partial charge in [0.1, 0.15) is 5.52 Å². The molecule has 2 fully saturated rings. The summed E-state index contributed by atoms with van der Waals surface area (Å²) >= 11 is 0. The Labute approximate surface area is 148 Å². The van der Waals surface area contributed by atoms with Gasteiger partial charge in [-0.2, -0.15) is 0 Å². The lowest BCUT2D eigenvalue weighted by Gasteiger charge is -2.28. The molecule has 0 aliphatic heterocycles. The number of rotatable bonds is 6. The fourth-order valence-electron chi connectivity index (χ4n) is 3.71. The van der Waals surface area contributed by atoms with Gasteiger partial charge in [-0.25, -0.2) is 9.97 Å². The first-order chi connectivity index (χ1) is 12.2. The number of amides is 1. The Balaban J connectivity index is 1.45. The second-order valence-corrected chi connectivity index (χ2v) is 7.26. The van der Waals surface area contributed by atoms with Crippen LogP contribution in [0.15, 0.2) is 12.1 Å². The molecule has 0 bridgehead atoms. The molecular weight excluding hydrogens is 316 g/mol. The number of aromatic nitrogens is 3. The number of carbonyl (C=O) groups is 1. The average molecular weight is 342 g/mol. The number of hydrogen-bond donors (Lipinski definition) is 1. The summed E-state index contributed by atoms with van der Waals surface area (Å²) in [6, 6.07) is 4.33. The highest BCUT2D eigenvalue weighted by molar-refractivity contribution is 5.91. The molecule has 2 heterocycles. The van der Waals surface area contributed by atoms with E-state index in [-0.39, 0.29) is 5.91 Å². The molecule has 0 radical (unpaired) electrons. The molecule has 2 aromatic heterocycles. The van der Waals surface area contributed by atoms with E-state index in [0.717, 1.165) is 42.5 Å². The molecule has 4 rings (SSSR count). The van der Waals surface area contributed by atoms with Crippen molar-refractivity contribution in [1.29, 1.82) is 0 Å². The summed E-state index contributed by atoms with van der Waals surface area (Å²) in [6.07, 6.45) is 8.93. The summed E-state index contributed by atoms with van der Waals surface area (Å²) in [6.45, 7) is 2.47. The molecule has 1 N–H and O–H groups in total. The summed E-state index contributed by atoms with van der Waals surface area (Å²) in [5.74, 6) is 0.592. The minimum Gasteiger partial charge on any atom is -0.378 e. The predicted octanol–water partition coefficient (Wildman–Crippen LogP) is 3.75. The third-order valence-electron chi connectivity index (χ3n) is 5.35. The lowest BCUT2D eigenvalue weighted by Crippen LogP contribution is -2.23. The SMILES string of the molecule is Cc1ccc2nc(NC(=O)CCOC3CCCC3)n(C3CCC3)c2n1. The molecule has 134 valence electrons. The number of pyridine rings is 1. The Kier molecular flexibility index (Phi) is 4.70. The van der Waals surface area contributed by atoms with Crippen LogP contribution in [0.25, 0.3) is 11.2 Å².